The van der Waals surface area contributed by atoms with Crippen molar-refractivity contribution in [2.45, 2.75) is 76.3 Å². The Balaban J connectivity index is 1.36. The van der Waals surface area contributed by atoms with Gasteiger partial charge in [-0.15, -0.1) is 0 Å². The average Bonchev–Trinajstić information content (AvgIpc) is 3.91. The lowest BCUT2D eigenvalue weighted by molar-refractivity contribution is -0.0938. The lowest BCUT2D eigenvalue weighted by Crippen LogP contribution is -2.42. The normalized spacial score (nSPS) is 18.4. The highest BCUT2D eigenvalue weighted by Crippen LogP contribution is 2.51. The van der Waals surface area contributed by atoms with E-state index in [1.54, 1.807) is 74.4 Å². The zero-order valence-corrected chi connectivity index (χ0v) is 38.9. The van der Waals surface area contributed by atoms with E-state index in [0.29, 0.717) is 33.7 Å². The standard InChI is InChI=1S/C49H56N7O8P/c1-33(2)56(34(3)4)65(62-29-15-28-50)64-43-41(30-61-49(36-18-13-10-14-19-36,37-20-24-39(58-6)25-21-37)38-22-26-40(59-7)27-23-38)63-48(44(43)60-8)55-32-51-42-45(55)52-31-54(5)46(42)53-47(57)35-16-11-9-12-17-35/h9-14,16-27,31-34,41,43-44,48H,15,29-30H2,1-8H3/t41-,43-,44-,48-,65?/m1/s1. The number of benzene rings is 4. The summed E-state index contributed by atoms with van der Waals surface area (Å²) in [4.78, 5) is 27.4. The SMILES string of the molecule is COc1ccc(C(OC[C@H]2O[C@@H](n3cnc4c(=NC(=O)c5ccccc5)n(C)cnc43)[C@H](OC)[C@@H]2OP(OCCC#N)N(C(C)C)C(C)C)(c2ccccc2)c2ccc(OC)cc2)cc1. The molecule has 5 atom stereocenters. The molecule has 0 radical (unpaired) electrons. The Morgan fingerprint density at radius 2 is 1.42 bits per heavy atom. The third kappa shape index (κ3) is 10.0. The fraction of sp³-hybridized carbons (Fsp3) is 0.367. The van der Waals surface area contributed by atoms with Gasteiger partial charge in [0.1, 0.15) is 35.4 Å². The summed E-state index contributed by atoms with van der Waals surface area (Å²) in [5.74, 6) is 0.980. The van der Waals surface area contributed by atoms with Crippen molar-refractivity contribution in [3.8, 4) is 17.6 Å². The number of carbonyl (C=O) groups is 1. The van der Waals surface area contributed by atoms with Gasteiger partial charge in [0, 0.05) is 31.8 Å². The summed E-state index contributed by atoms with van der Waals surface area (Å²) in [5.41, 5.74) is 2.97. The first-order valence-corrected chi connectivity index (χ1v) is 22.6. The van der Waals surface area contributed by atoms with Gasteiger partial charge < -0.3 is 37.3 Å². The number of nitriles is 1. The summed E-state index contributed by atoms with van der Waals surface area (Å²) >= 11 is 0. The summed E-state index contributed by atoms with van der Waals surface area (Å²) in [5, 5.41) is 9.51. The van der Waals surface area contributed by atoms with Crippen molar-refractivity contribution in [1.82, 2.24) is 23.8 Å². The predicted octanol–water partition coefficient (Wildman–Crippen LogP) is 8.11. The van der Waals surface area contributed by atoms with Crippen LogP contribution in [-0.4, -0.2) is 94.6 Å². The highest BCUT2D eigenvalue weighted by atomic mass is 31.2. The zero-order chi connectivity index (χ0) is 46.1. The molecule has 1 saturated heterocycles. The van der Waals surface area contributed by atoms with Crippen molar-refractivity contribution in [3.05, 3.63) is 150 Å². The molecule has 1 aliphatic heterocycles. The number of hydrogen-bond donors (Lipinski definition) is 0. The number of hydrogen-bond acceptors (Lipinski definition) is 12. The Hall–Kier alpha value is -5.82. The molecule has 0 spiro atoms. The quantitative estimate of drug-likeness (QED) is 0.0438. The van der Waals surface area contributed by atoms with Crippen LogP contribution in [0.15, 0.2) is 127 Å². The number of carbonyl (C=O) groups excluding carboxylic acids is 1. The molecule has 4 aromatic carbocycles. The maximum absolute atomic E-state index is 13.4. The molecule has 65 heavy (non-hydrogen) atoms. The molecule has 7 rings (SSSR count). The third-order valence-electron chi connectivity index (χ3n) is 11.2. The minimum absolute atomic E-state index is 0.000115. The van der Waals surface area contributed by atoms with Crippen LogP contribution in [0.3, 0.4) is 0 Å². The van der Waals surface area contributed by atoms with Crippen LogP contribution in [0.1, 0.15) is 67.4 Å². The molecule has 1 unspecified atom stereocenters. The van der Waals surface area contributed by atoms with Gasteiger partial charge in [0.25, 0.3) is 14.4 Å². The minimum atomic E-state index is -1.78. The smallest absolute Gasteiger partial charge is 0.279 e. The largest absolute Gasteiger partial charge is 0.497 e. The Morgan fingerprint density at radius 1 is 0.831 bits per heavy atom. The zero-order valence-electron chi connectivity index (χ0n) is 38.0. The van der Waals surface area contributed by atoms with Gasteiger partial charge in [-0.2, -0.15) is 10.3 Å². The Bertz CT molecular complexity index is 2540. The number of imidazole rings is 1. The van der Waals surface area contributed by atoms with E-state index < -0.39 is 44.6 Å². The molecule has 0 bridgehead atoms. The molecule has 0 N–H and O–H groups in total. The number of aromatic nitrogens is 4. The second-order valence-corrected chi connectivity index (χ2v) is 17.4. The minimum Gasteiger partial charge on any atom is -0.497 e. The second-order valence-electron chi connectivity index (χ2n) is 16.0. The van der Waals surface area contributed by atoms with E-state index >= 15 is 0 Å². The van der Waals surface area contributed by atoms with Gasteiger partial charge in [0.2, 0.25) is 0 Å². The molecule has 340 valence electrons. The van der Waals surface area contributed by atoms with Crippen molar-refractivity contribution in [2.75, 3.05) is 34.5 Å². The molecule has 1 fully saturated rings. The van der Waals surface area contributed by atoms with Crippen LogP contribution in [-0.2, 0) is 35.9 Å². The van der Waals surface area contributed by atoms with Gasteiger partial charge in [-0.25, -0.2) is 14.6 Å². The molecule has 16 heteroatoms. The lowest BCUT2D eigenvalue weighted by Gasteiger charge is -2.39. The van der Waals surface area contributed by atoms with E-state index in [2.05, 4.69) is 43.4 Å². The van der Waals surface area contributed by atoms with Gasteiger partial charge in [0.05, 0.1) is 52.6 Å². The molecule has 1 aliphatic rings. The van der Waals surface area contributed by atoms with Crippen molar-refractivity contribution in [2.24, 2.45) is 12.0 Å². The van der Waals surface area contributed by atoms with E-state index in [9.17, 15) is 10.1 Å². The molecule has 15 nitrogen and oxygen atoms in total. The van der Waals surface area contributed by atoms with E-state index in [0.717, 1.165) is 16.7 Å². The molecule has 6 aromatic rings. The van der Waals surface area contributed by atoms with E-state index in [1.165, 1.54) is 0 Å². The highest BCUT2D eigenvalue weighted by molar-refractivity contribution is 7.44. The molecular formula is C49H56N7O8P. The van der Waals surface area contributed by atoms with Crippen molar-refractivity contribution in [3.63, 3.8) is 0 Å². The van der Waals surface area contributed by atoms with Crippen LogP contribution in [0.4, 0.5) is 0 Å². The summed E-state index contributed by atoms with van der Waals surface area (Å²) in [7, 11) is 4.87. The van der Waals surface area contributed by atoms with Crippen molar-refractivity contribution in [1.29, 1.82) is 5.26 Å². The predicted molar refractivity (Wildman–Crippen MR) is 246 cm³/mol. The number of amides is 1. The van der Waals surface area contributed by atoms with Crippen LogP contribution < -0.4 is 15.0 Å². The number of fused-ring (bicyclic) bond motifs is 1. The van der Waals surface area contributed by atoms with Crippen LogP contribution >= 0.6 is 8.53 Å². The number of aryl methyl sites for hydroxylation is 1. The fourth-order valence-corrected chi connectivity index (χ4v) is 9.96. The topological polar surface area (TPSA) is 157 Å². The fourth-order valence-electron chi connectivity index (χ4n) is 8.19. The average molecular weight is 902 g/mol. The molecule has 0 saturated carbocycles. The van der Waals surface area contributed by atoms with Crippen LogP contribution in [0, 0.1) is 11.3 Å². The summed E-state index contributed by atoms with van der Waals surface area (Å²) in [6, 6.07) is 36.8. The van der Waals surface area contributed by atoms with Crippen molar-refractivity contribution < 1.29 is 37.5 Å². The molecule has 3 heterocycles. The summed E-state index contributed by atoms with van der Waals surface area (Å²) < 4.78 is 51.3. The van der Waals surface area contributed by atoms with Gasteiger partial charge in [-0.1, -0.05) is 72.8 Å². The van der Waals surface area contributed by atoms with E-state index in [1.807, 2.05) is 84.9 Å². The number of nitrogens with zero attached hydrogens (tertiary/aromatic N) is 7. The van der Waals surface area contributed by atoms with E-state index in [-0.39, 0.29) is 31.7 Å². The number of methoxy groups -OCH3 is 3. The van der Waals surface area contributed by atoms with Gasteiger partial charge in [-0.3, -0.25) is 9.36 Å². The summed E-state index contributed by atoms with van der Waals surface area (Å²) in [6.45, 7) is 8.51. The second kappa shape index (κ2) is 21.4. The van der Waals surface area contributed by atoms with Crippen LogP contribution in [0.2, 0.25) is 0 Å². The third-order valence-corrected chi connectivity index (χ3v) is 13.4. The molecule has 0 aliphatic carbocycles. The maximum atomic E-state index is 13.4. The Morgan fingerprint density at radius 3 is 1.97 bits per heavy atom. The first-order chi connectivity index (χ1) is 31.5. The number of rotatable bonds is 19. The lowest BCUT2D eigenvalue weighted by atomic mass is 9.80. The van der Waals surface area contributed by atoms with Gasteiger partial charge in [-0.05, 0) is 80.8 Å². The van der Waals surface area contributed by atoms with Crippen molar-refractivity contribution >= 4 is 25.6 Å². The Labute approximate surface area is 381 Å². The van der Waals surface area contributed by atoms with Gasteiger partial charge in [0.15, 0.2) is 22.9 Å². The Kier molecular flexibility index (Phi) is 15.6. The summed E-state index contributed by atoms with van der Waals surface area (Å²) in [6.07, 6.45) is 0.204. The van der Waals surface area contributed by atoms with Gasteiger partial charge >= 0.3 is 0 Å². The highest BCUT2D eigenvalue weighted by Gasteiger charge is 2.51. The first kappa shape index (κ1) is 47.2. The first-order valence-electron chi connectivity index (χ1n) is 21.5. The monoisotopic (exact) mass is 901 g/mol. The molecular weight excluding hydrogens is 846 g/mol. The van der Waals surface area contributed by atoms with E-state index in [4.69, 9.17) is 42.7 Å². The maximum Gasteiger partial charge on any atom is 0.279 e. The molecule has 1 amide bonds. The molecule has 2 aromatic heterocycles. The number of ether oxygens (including phenoxy) is 5. The van der Waals surface area contributed by atoms with Crippen LogP contribution in [0.5, 0.6) is 11.5 Å². The van der Waals surface area contributed by atoms with Crippen LogP contribution in [0.25, 0.3) is 11.2 Å².